The predicted molar refractivity (Wildman–Crippen MR) is 101 cm³/mol. The molecular weight excluding hydrogens is 356 g/mol. The van der Waals surface area contributed by atoms with E-state index in [4.69, 9.17) is 16.7 Å². The first-order chi connectivity index (χ1) is 12.5. The molecule has 0 aromatic heterocycles. The molecular formula is C19H17ClN2O4. The average molecular weight is 373 g/mol. The van der Waals surface area contributed by atoms with E-state index in [2.05, 4.69) is 10.5 Å². The summed E-state index contributed by atoms with van der Waals surface area (Å²) in [7, 11) is 0. The van der Waals surface area contributed by atoms with Gasteiger partial charge in [0.1, 0.15) is 5.75 Å². The molecule has 0 aliphatic rings. The molecule has 1 amide bonds. The Kier molecular flexibility index (Phi) is 6.93. The fourth-order valence-electron chi connectivity index (χ4n) is 2.00. The number of aliphatic carboxylic acids is 1. The smallest absolute Gasteiger partial charge is 0.303 e. The molecule has 2 aromatic rings. The molecule has 0 fully saturated rings. The molecule has 0 spiro atoms. The third-order valence-corrected chi connectivity index (χ3v) is 3.66. The Morgan fingerprint density at radius 1 is 1.12 bits per heavy atom. The van der Waals surface area contributed by atoms with Gasteiger partial charge in [-0.1, -0.05) is 48.0 Å². The number of hydrogen-bond acceptors (Lipinski definition) is 4. The van der Waals surface area contributed by atoms with Crippen LogP contribution in [0.15, 0.2) is 53.6 Å². The fraction of sp³-hybridized carbons (Fsp3) is 0.105. The molecule has 7 heteroatoms. The van der Waals surface area contributed by atoms with Gasteiger partial charge in [0.25, 0.3) is 5.91 Å². The number of carboxylic acids is 1. The molecule has 0 saturated heterocycles. The lowest BCUT2D eigenvalue weighted by atomic mass is 10.1. The summed E-state index contributed by atoms with van der Waals surface area (Å²) < 4.78 is 0. The molecule has 2 rings (SSSR count). The number of rotatable bonds is 7. The van der Waals surface area contributed by atoms with Gasteiger partial charge in [-0.15, -0.1) is 0 Å². The van der Waals surface area contributed by atoms with Gasteiger partial charge < -0.3 is 10.2 Å². The second-order valence-corrected chi connectivity index (χ2v) is 5.77. The quantitative estimate of drug-likeness (QED) is 0.510. The minimum atomic E-state index is -0.821. The third kappa shape index (κ3) is 6.07. The first-order valence-electron chi connectivity index (χ1n) is 7.76. The highest BCUT2D eigenvalue weighted by Gasteiger charge is 2.07. The van der Waals surface area contributed by atoms with Crippen molar-refractivity contribution in [2.75, 3.05) is 0 Å². The Hall–Kier alpha value is -3.12. The molecule has 0 aliphatic heterocycles. The molecule has 0 unspecified atom stereocenters. The van der Waals surface area contributed by atoms with E-state index < -0.39 is 11.9 Å². The van der Waals surface area contributed by atoms with E-state index in [0.29, 0.717) is 6.42 Å². The van der Waals surface area contributed by atoms with Crippen LogP contribution in [0.3, 0.4) is 0 Å². The Balaban J connectivity index is 1.88. The van der Waals surface area contributed by atoms with Crippen LogP contribution in [0.1, 0.15) is 34.3 Å². The summed E-state index contributed by atoms with van der Waals surface area (Å²) in [6.07, 6.45) is 5.73. The second kappa shape index (κ2) is 9.39. The van der Waals surface area contributed by atoms with Gasteiger partial charge in [-0.2, -0.15) is 5.10 Å². The van der Waals surface area contributed by atoms with E-state index in [9.17, 15) is 14.7 Å². The number of amides is 1. The SMILES string of the molecule is O=C(O)CCC=Cc1ccc(C=NNC(=O)c2ccc(O)c(Cl)c2)cc1. The molecule has 0 heterocycles. The number of carbonyl (C=O) groups is 2. The molecule has 0 aliphatic carbocycles. The number of allylic oxidation sites excluding steroid dienone is 1. The number of halogens is 1. The predicted octanol–water partition coefficient (Wildman–Crippen LogP) is 3.69. The first-order valence-corrected chi connectivity index (χ1v) is 8.14. The van der Waals surface area contributed by atoms with Crippen LogP contribution in [0, 0.1) is 0 Å². The Labute approximate surface area is 155 Å². The standard InChI is InChI=1S/C19H17ClN2O4/c20-16-11-15(9-10-17(16)23)19(26)22-21-12-14-7-5-13(6-8-14)3-1-2-4-18(24)25/h1,3,5-12,23H,2,4H2,(H,22,26)(H,24,25). The molecule has 26 heavy (non-hydrogen) atoms. The molecule has 3 N–H and O–H groups in total. The Morgan fingerprint density at radius 2 is 1.81 bits per heavy atom. The zero-order valence-corrected chi connectivity index (χ0v) is 14.5. The van der Waals surface area contributed by atoms with Gasteiger partial charge in [0, 0.05) is 12.0 Å². The number of aromatic hydroxyl groups is 1. The van der Waals surface area contributed by atoms with Crippen LogP contribution in [0.5, 0.6) is 5.75 Å². The molecule has 0 radical (unpaired) electrons. The summed E-state index contributed by atoms with van der Waals surface area (Å²) in [4.78, 5) is 22.4. The van der Waals surface area contributed by atoms with Crippen LogP contribution >= 0.6 is 11.6 Å². The number of phenolic OH excluding ortho intramolecular Hbond substituents is 1. The second-order valence-electron chi connectivity index (χ2n) is 5.37. The maximum absolute atomic E-state index is 11.9. The van der Waals surface area contributed by atoms with Gasteiger partial charge >= 0.3 is 5.97 Å². The van der Waals surface area contributed by atoms with Crippen LogP contribution < -0.4 is 5.43 Å². The Bertz CT molecular complexity index is 845. The number of phenols is 1. The number of benzene rings is 2. The highest BCUT2D eigenvalue weighted by atomic mass is 35.5. The van der Waals surface area contributed by atoms with E-state index in [1.807, 2.05) is 30.3 Å². The first kappa shape index (κ1) is 19.2. The number of hydrazone groups is 1. The van der Waals surface area contributed by atoms with Gasteiger partial charge in [0.05, 0.1) is 11.2 Å². The van der Waals surface area contributed by atoms with Crippen molar-refractivity contribution in [2.45, 2.75) is 12.8 Å². The van der Waals surface area contributed by atoms with Crippen LogP contribution in [-0.4, -0.2) is 28.3 Å². The molecule has 134 valence electrons. The van der Waals surface area contributed by atoms with E-state index in [1.165, 1.54) is 24.4 Å². The van der Waals surface area contributed by atoms with Crippen molar-refractivity contribution in [3.63, 3.8) is 0 Å². The van der Waals surface area contributed by atoms with Crippen molar-refractivity contribution in [3.8, 4) is 5.75 Å². The average Bonchev–Trinajstić information content (AvgIpc) is 2.62. The van der Waals surface area contributed by atoms with E-state index in [-0.39, 0.29) is 22.8 Å². The van der Waals surface area contributed by atoms with Crippen molar-refractivity contribution < 1.29 is 19.8 Å². The molecule has 0 bridgehead atoms. The Morgan fingerprint density at radius 3 is 2.46 bits per heavy atom. The minimum Gasteiger partial charge on any atom is -0.506 e. The number of nitrogens with one attached hydrogen (secondary N) is 1. The fourth-order valence-corrected chi connectivity index (χ4v) is 2.18. The van der Waals surface area contributed by atoms with Gasteiger partial charge in [-0.25, -0.2) is 5.43 Å². The van der Waals surface area contributed by atoms with Crippen LogP contribution in [0.25, 0.3) is 6.08 Å². The van der Waals surface area contributed by atoms with Crippen molar-refractivity contribution in [2.24, 2.45) is 5.10 Å². The van der Waals surface area contributed by atoms with Gasteiger partial charge in [0.15, 0.2) is 0 Å². The zero-order valence-electron chi connectivity index (χ0n) is 13.7. The molecule has 0 saturated carbocycles. The lowest BCUT2D eigenvalue weighted by Crippen LogP contribution is -2.17. The largest absolute Gasteiger partial charge is 0.506 e. The van der Waals surface area contributed by atoms with Gasteiger partial charge in [0.2, 0.25) is 0 Å². The monoisotopic (exact) mass is 372 g/mol. The normalized spacial score (nSPS) is 11.1. The maximum atomic E-state index is 11.9. The maximum Gasteiger partial charge on any atom is 0.303 e. The topological polar surface area (TPSA) is 99.0 Å². The van der Waals surface area contributed by atoms with Crippen LogP contribution in [-0.2, 0) is 4.79 Å². The van der Waals surface area contributed by atoms with Crippen LogP contribution in [0.4, 0.5) is 0 Å². The summed E-state index contributed by atoms with van der Waals surface area (Å²) in [6, 6.07) is 11.5. The van der Waals surface area contributed by atoms with E-state index >= 15 is 0 Å². The summed E-state index contributed by atoms with van der Waals surface area (Å²) >= 11 is 5.76. The summed E-state index contributed by atoms with van der Waals surface area (Å²) in [5, 5.41) is 21.9. The number of carbonyl (C=O) groups excluding carboxylic acids is 1. The van der Waals surface area contributed by atoms with Crippen LogP contribution in [0.2, 0.25) is 5.02 Å². The highest BCUT2D eigenvalue weighted by molar-refractivity contribution is 6.32. The third-order valence-electron chi connectivity index (χ3n) is 3.36. The highest BCUT2D eigenvalue weighted by Crippen LogP contribution is 2.23. The summed E-state index contributed by atoms with van der Waals surface area (Å²) in [5.41, 5.74) is 4.39. The molecule has 2 aromatic carbocycles. The summed E-state index contributed by atoms with van der Waals surface area (Å²) in [5.74, 6) is -1.36. The zero-order chi connectivity index (χ0) is 18.9. The number of carboxylic acid groups (broad SMARTS) is 1. The number of hydrogen-bond donors (Lipinski definition) is 3. The van der Waals surface area contributed by atoms with Crippen molar-refractivity contribution in [1.29, 1.82) is 0 Å². The number of nitrogens with zero attached hydrogens (tertiary/aromatic N) is 1. The van der Waals surface area contributed by atoms with E-state index in [0.717, 1.165) is 11.1 Å². The van der Waals surface area contributed by atoms with Crippen molar-refractivity contribution >= 4 is 35.8 Å². The lowest BCUT2D eigenvalue weighted by molar-refractivity contribution is -0.136. The minimum absolute atomic E-state index is 0.0913. The van der Waals surface area contributed by atoms with Crippen molar-refractivity contribution in [1.82, 2.24) is 5.43 Å². The van der Waals surface area contributed by atoms with Gasteiger partial charge in [-0.05, 0) is 35.7 Å². The molecule has 6 nitrogen and oxygen atoms in total. The van der Waals surface area contributed by atoms with Gasteiger partial charge in [-0.3, -0.25) is 9.59 Å². The molecule has 0 atom stereocenters. The lowest BCUT2D eigenvalue weighted by Gasteiger charge is -2.02. The van der Waals surface area contributed by atoms with Crippen molar-refractivity contribution in [3.05, 3.63) is 70.3 Å². The van der Waals surface area contributed by atoms with E-state index in [1.54, 1.807) is 6.08 Å². The summed E-state index contributed by atoms with van der Waals surface area (Å²) in [6.45, 7) is 0.